The lowest BCUT2D eigenvalue weighted by molar-refractivity contribution is 0.423. The minimum Gasteiger partial charge on any atom is -0.436 e. The fraction of sp³-hybridized carbons (Fsp3) is 0. The Morgan fingerprint density at radius 2 is 1.79 bits per heavy atom. The van der Waals surface area contributed by atoms with Crippen LogP contribution in [0.25, 0.3) is 10.8 Å². The zero-order valence-corrected chi connectivity index (χ0v) is 10.6. The Bertz CT molecular complexity index is 745. The van der Waals surface area contributed by atoms with Crippen molar-refractivity contribution in [3.05, 3.63) is 65.6 Å². The van der Waals surface area contributed by atoms with Gasteiger partial charge in [-0.05, 0) is 29.0 Å². The molecule has 19 heavy (non-hydrogen) atoms. The molecule has 0 spiro atoms. The molecule has 0 aliphatic rings. The number of nitrogens with zero attached hydrogens (tertiary/aromatic N) is 1. The minimum absolute atomic E-state index is 0.0836. The summed E-state index contributed by atoms with van der Waals surface area (Å²) in [6.07, 6.45) is 1.35. The molecule has 0 aliphatic heterocycles. The van der Waals surface area contributed by atoms with E-state index in [0.717, 1.165) is 10.8 Å². The first-order valence-corrected chi connectivity index (χ1v) is 6.08. The number of fused-ring (bicyclic) bond motifs is 1. The number of pyridine rings is 1. The fourth-order valence-corrected chi connectivity index (χ4v) is 1.96. The van der Waals surface area contributed by atoms with Gasteiger partial charge < -0.3 is 4.74 Å². The maximum Gasteiger partial charge on any atom is 0.255 e. The van der Waals surface area contributed by atoms with Crippen molar-refractivity contribution in [2.24, 2.45) is 0 Å². The predicted molar refractivity (Wildman–Crippen MR) is 73.2 cm³/mol. The van der Waals surface area contributed by atoms with Crippen LogP contribution in [-0.4, -0.2) is 4.98 Å². The standard InChI is InChI=1S/C15H9ClFNO/c16-12-8-14(17)15(18-9-12)19-13-6-5-10-3-1-2-4-11(10)7-13/h1-9H. The van der Waals surface area contributed by atoms with Gasteiger partial charge in [-0.25, -0.2) is 9.37 Å². The van der Waals surface area contributed by atoms with Crippen LogP contribution < -0.4 is 4.74 Å². The van der Waals surface area contributed by atoms with Crippen molar-refractivity contribution in [2.75, 3.05) is 0 Å². The molecule has 0 atom stereocenters. The third-order valence-corrected chi connectivity index (χ3v) is 2.92. The molecule has 0 saturated carbocycles. The van der Waals surface area contributed by atoms with E-state index in [0.29, 0.717) is 5.75 Å². The maximum absolute atomic E-state index is 13.6. The van der Waals surface area contributed by atoms with Gasteiger partial charge in [-0.2, -0.15) is 0 Å². The first kappa shape index (κ1) is 11.9. The normalized spacial score (nSPS) is 10.6. The molecular formula is C15H9ClFNO. The van der Waals surface area contributed by atoms with Crippen molar-refractivity contribution >= 4 is 22.4 Å². The number of hydrogen-bond donors (Lipinski definition) is 0. The predicted octanol–water partition coefficient (Wildman–Crippen LogP) is 4.82. The molecule has 0 saturated heterocycles. The lowest BCUT2D eigenvalue weighted by Gasteiger charge is -2.06. The van der Waals surface area contributed by atoms with Gasteiger partial charge in [0.15, 0.2) is 5.82 Å². The van der Waals surface area contributed by atoms with Gasteiger partial charge >= 0.3 is 0 Å². The van der Waals surface area contributed by atoms with Gasteiger partial charge in [0.05, 0.1) is 5.02 Å². The summed E-state index contributed by atoms with van der Waals surface area (Å²) in [5, 5.41) is 2.36. The van der Waals surface area contributed by atoms with Crippen LogP contribution in [0.3, 0.4) is 0 Å². The zero-order valence-electron chi connectivity index (χ0n) is 9.81. The van der Waals surface area contributed by atoms with E-state index in [4.69, 9.17) is 16.3 Å². The number of halogens is 2. The fourth-order valence-electron chi connectivity index (χ4n) is 1.82. The molecule has 1 heterocycles. The molecule has 0 N–H and O–H groups in total. The molecule has 1 aromatic heterocycles. The molecule has 0 radical (unpaired) electrons. The second-order valence-corrected chi connectivity index (χ2v) is 4.49. The Hall–Kier alpha value is -2.13. The Labute approximate surface area is 114 Å². The van der Waals surface area contributed by atoms with Gasteiger partial charge in [-0.15, -0.1) is 0 Å². The summed E-state index contributed by atoms with van der Waals surface area (Å²) in [6, 6.07) is 14.6. The van der Waals surface area contributed by atoms with E-state index in [-0.39, 0.29) is 10.9 Å². The van der Waals surface area contributed by atoms with Gasteiger partial charge in [0.2, 0.25) is 0 Å². The van der Waals surface area contributed by atoms with Crippen LogP contribution in [0.4, 0.5) is 4.39 Å². The number of hydrogen-bond acceptors (Lipinski definition) is 2. The third-order valence-electron chi connectivity index (χ3n) is 2.71. The molecule has 0 amide bonds. The van der Waals surface area contributed by atoms with Crippen molar-refractivity contribution in [3.63, 3.8) is 0 Å². The molecule has 2 nitrogen and oxygen atoms in total. The second kappa shape index (κ2) is 4.86. The largest absolute Gasteiger partial charge is 0.436 e. The average molecular weight is 274 g/mol. The van der Waals surface area contributed by atoms with E-state index in [2.05, 4.69) is 4.98 Å². The Morgan fingerprint density at radius 3 is 2.58 bits per heavy atom. The summed E-state index contributed by atoms with van der Waals surface area (Å²) in [5.74, 6) is -0.132. The quantitative estimate of drug-likeness (QED) is 0.668. The lowest BCUT2D eigenvalue weighted by atomic mass is 10.1. The first-order valence-electron chi connectivity index (χ1n) is 5.70. The Kier molecular flexibility index (Phi) is 3.05. The molecule has 4 heteroatoms. The van der Waals surface area contributed by atoms with Crippen molar-refractivity contribution in [1.29, 1.82) is 0 Å². The van der Waals surface area contributed by atoms with Crippen LogP contribution in [-0.2, 0) is 0 Å². The van der Waals surface area contributed by atoms with Crippen molar-refractivity contribution in [2.45, 2.75) is 0 Å². The van der Waals surface area contributed by atoms with E-state index in [1.54, 1.807) is 6.07 Å². The van der Waals surface area contributed by atoms with Gasteiger partial charge in [0.25, 0.3) is 5.88 Å². The lowest BCUT2D eigenvalue weighted by Crippen LogP contribution is -1.91. The van der Waals surface area contributed by atoms with E-state index >= 15 is 0 Å². The van der Waals surface area contributed by atoms with E-state index < -0.39 is 5.82 Å². The highest BCUT2D eigenvalue weighted by Crippen LogP contribution is 2.26. The average Bonchev–Trinajstić information content (AvgIpc) is 2.42. The van der Waals surface area contributed by atoms with Gasteiger partial charge in [-0.3, -0.25) is 0 Å². The highest BCUT2D eigenvalue weighted by molar-refractivity contribution is 6.30. The van der Waals surface area contributed by atoms with Crippen LogP contribution in [0.2, 0.25) is 5.02 Å². The van der Waals surface area contributed by atoms with Crippen LogP contribution in [0, 0.1) is 5.82 Å². The Morgan fingerprint density at radius 1 is 1.00 bits per heavy atom. The highest BCUT2D eigenvalue weighted by Gasteiger charge is 2.07. The molecule has 3 rings (SSSR count). The van der Waals surface area contributed by atoms with E-state index in [1.807, 2.05) is 36.4 Å². The summed E-state index contributed by atoms with van der Waals surface area (Å²) >= 11 is 5.64. The SMILES string of the molecule is Fc1cc(Cl)cnc1Oc1ccc2ccccc2c1. The minimum atomic E-state index is -0.583. The summed E-state index contributed by atoms with van der Waals surface area (Å²) < 4.78 is 19.0. The molecule has 0 bridgehead atoms. The number of rotatable bonds is 2. The molecule has 0 unspecified atom stereocenters. The van der Waals surface area contributed by atoms with Crippen molar-refractivity contribution < 1.29 is 9.13 Å². The van der Waals surface area contributed by atoms with Crippen LogP contribution in [0.5, 0.6) is 11.6 Å². The van der Waals surface area contributed by atoms with Crippen molar-refractivity contribution in [1.82, 2.24) is 4.98 Å². The number of ether oxygens (including phenoxy) is 1. The molecular weight excluding hydrogens is 265 g/mol. The second-order valence-electron chi connectivity index (χ2n) is 4.05. The van der Waals surface area contributed by atoms with E-state index in [9.17, 15) is 4.39 Å². The number of benzene rings is 2. The smallest absolute Gasteiger partial charge is 0.255 e. The van der Waals surface area contributed by atoms with Gasteiger partial charge in [0.1, 0.15) is 5.75 Å². The van der Waals surface area contributed by atoms with Crippen LogP contribution in [0.1, 0.15) is 0 Å². The van der Waals surface area contributed by atoms with E-state index in [1.165, 1.54) is 12.3 Å². The maximum atomic E-state index is 13.6. The summed E-state index contributed by atoms with van der Waals surface area (Å²) in [5.41, 5.74) is 0. The highest BCUT2D eigenvalue weighted by atomic mass is 35.5. The van der Waals surface area contributed by atoms with Gasteiger partial charge in [-0.1, -0.05) is 41.9 Å². The molecule has 3 aromatic rings. The van der Waals surface area contributed by atoms with Crippen LogP contribution in [0.15, 0.2) is 54.7 Å². The molecule has 0 aliphatic carbocycles. The summed E-state index contributed by atoms with van der Waals surface area (Å²) in [6.45, 7) is 0. The third kappa shape index (κ3) is 2.51. The summed E-state index contributed by atoms with van der Waals surface area (Å²) in [4.78, 5) is 3.82. The van der Waals surface area contributed by atoms with Crippen molar-refractivity contribution in [3.8, 4) is 11.6 Å². The first-order chi connectivity index (χ1) is 9.22. The monoisotopic (exact) mass is 273 g/mol. The Balaban J connectivity index is 1.96. The molecule has 2 aromatic carbocycles. The zero-order chi connectivity index (χ0) is 13.2. The van der Waals surface area contributed by atoms with Gasteiger partial charge in [0, 0.05) is 6.20 Å². The molecule has 0 fully saturated rings. The molecule has 94 valence electrons. The number of aromatic nitrogens is 1. The van der Waals surface area contributed by atoms with Crippen LogP contribution >= 0.6 is 11.6 Å². The topological polar surface area (TPSA) is 22.1 Å². The summed E-state index contributed by atoms with van der Waals surface area (Å²) in [7, 11) is 0.